The fourth-order valence-electron chi connectivity index (χ4n) is 3.91. The second-order valence-electron chi connectivity index (χ2n) is 6.43. The SMILES string of the molecule is CN(C(=O)c1cc(F)c(F)cc1F)C1C[C@H]2CC(O)C[C@H]2C1. The van der Waals surface area contributed by atoms with Crippen LogP contribution in [-0.2, 0) is 0 Å². The summed E-state index contributed by atoms with van der Waals surface area (Å²) in [6, 6.07) is 0.960. The summed E-state index contributed by atoms with van der Waals surface area (Å²) in [7, 11) is 1.56. The van der Waals surface area contributed by atoms with Gasteiger partial charge in [-0.05, 0) is 43.6 Å². The molecule has 120 valence electrons. The van der Waals surface area contributed by atoms with Crippen LogP contribution in [0.4, 0.5) is 13.2 Å². The first kappa shape index (κ1) is 15.3. The normalized spacial score (nSPS) is 30.4. The van der Waals surface area contributed by atoms with Crippen molar-refractivity contribution in [3.63, 3.8) is 0 Å². The van der Waals surface area contributed by atoms with Crippen molar-refractivity contribution in [2.24, 2.45) is 11.8 Å². The lowest BCUT2D eigenvalue weighted by Gasteiger charge is -2.26. The summed E-state index contributed by atoms with van der Waals surface area (Å²) in [5, 5.41) is 9.63. The van der Waals surface area contributed by atoms with Crippen LogP contribution in [-0.4, -0.2) is 35.1 Å². The van der Waals surface area contributed by atoms with Gasteiger partial charge in [0.15, 0.2) is 11.6 Å². The van der Waals surface area contributed by atoms with Crippen LogP contribution in [0, 0.1) is 29.3 Å². The van der Waals surface area contributed by atoms with Gasteiger partial charge >= 0.3 is 0 Å². The van der Waals surface area contributed by atoms with Gasteiger partial charge in [-0.3, -0.25) is 4.79 Å². The van der Waals surface area contributed by atoms with Crippen molar-refractivity contribution < 1.29 is 23.1 Å². The Morgan fingerprint density at radius 3 is 2.18 bits per heavy atom. The number of amides is 1. The van der Waals surface area contributed by atoms with Crippen LogP contribution in [0.1, 0.15) is 36.0 Å². The molecule has 1 amide bonds. The first-order valence-electron chi connectivity index (χ1n) is 7.46. The van der Waals surface area contributed by atoms with Gasteiger partial charge in [0.1, 0.15) is 5.82 Å². The number of fused-ring (bicyclic) bond motifs is 1. The zero-order chi connectivity index (χ0) is 16.0. The maximum atomic E-state index is 13.7. The monoisotopic (exact) mass is 313 g/mol. The second-order valence-corrected chi connectivity index (χ2v) is 6.43. The van der Waals surface area contributed by atoms with Gasteiger partial charge in [-0.15, -0.1) is 0 Å². The second kappa shape index (κ2) is 5.57. The Labute approximate surface area is 126 Å². The van der Waals surface area contributed by atoms with E-state index in [4.69, 9.17) is 0 Å². The fraction of sp³-hybridized carbons (Fsp3) is 0.562. The number of benzene rings is 1. The van der Waals surface area contributed by atoms with Crippen LogP contribution in [0.25, 0.3) is 0 Å². The lowest BCUT2D eigenvalue weighted by atomic mass is 10.0. The smallest absolute Gasteiger partial charge is 0.256 e. The largest absolute Gasteiger partial charge is 0.393 e. The first-order chi connectivity index (χ1) is 10.4. The van der Waals surface area contributed by atoms with E-state index >= 15 is 0 Å². The maximum Gasteiger partial charge on any atom is 0.256 e. The molecule has 2 fully saturated rings. The number of hydrogen-bond donors (Lipinski definition) is 1. The van der Waals surface area contributed by atoms with Crippen LogP contribution >= 0.6 is 0 Å². The minimum absolute atomic E-state index is 0.0532. The van der Waals surface area contributed by atoms with Crippen LogP contribution in [0.5, 0.6) is 0 Å². The van der Waals surface area contributed by atoms with Crippen LogP contribution < -0.4 is 0 Å². The molecule has 3 rings (SSSR count). The van der Waals surface area contributed by atoms with Gasteiger partial charge in [-0.1, -0.05) is 0 Å². The quantitative estimate of drug-likeness (QED) is 0.853. The van der Waals surface area contributed by atoms with Gasteiger partial charge < -0.3 is 10.0 Å². The molecule has 0 bridgehead atoms. The zero-order valence-electron chi connectivity index (χ0n) is 12.2. The fourth-order valence-corrected chi connectivity index (χ4v) is 3.91. The Hall–Kier alpha value is -1.56. The Balaban J connectivity index is 1.75. The van der Waals surface area contributed by atoms with Crippen molar-refractivity contribution in [3.8, 4) is 0 Å². The molecular weight excluding hydrogens is 295 g/mol. The number of aliphatic hydroxyl groups is 1. The number of nitrogens with zero attached hydrogens (tertiary/aromatic N) is 1. The lowest BCUT2D eigenvalue weighted by Crippen LogP contribution is -2.36. The van der Waals surface area contributed by atoms with E-state index in [0.29, 0.717) is 24.0 Å². The van der Waals surface area contributed by atoms with Gasteiger partial charge in [0, 0.05) is 19.2 Å². The third kappa shape index (κ3) is 2.60. The minimum Gasteiger partial charge on any atom is -0.393 e. The molecule has 1 N–H and O–H groups in total. The van der Waals surface area contributed by atoms with E-state index in [-0.39, 0.29) is 12.1 Å². The van der Waals surface area contributed by atoms with E-state index in [0.717, 1.165) is 25.7 Å². The predicted octanol–water partition coefficient (Wildman–Crippen LogP) is 2.73. The summed E-state index contributed by atoms with van der Waals surface area (Å²) >= 11 is 0. The average Bonchev–Trinajstić information content (AvgIpc) is 2.98. The van der Waals surface area contributed by atoms with Crippen molar-refractivity contribution in [1.82, 2.24) is 4.90 Å². The summed E-state index contributed by atoms with van der Waals surface area (Å²) in [5.74, 6) is -3.47. The zero-order valence-corrected chi connectivity index (χ0v) is 12.2. The van der Waals surface area contributed by atoms with E-state index < -0.39 is 28.9 Å². The number of carbonyl (C=O) groups excluding carboxylic acids is 1. The molecule has 0 saturated heterocycles. The molecule has 0 radical (unpaired) electrons. The molecule has 1 aromatic carbocycles. The molecule has 22 heavy (non-hydrogen) atoms. The average molecular weight is 313 g/mol. The molecule has 0 aromatic heterocycles. The summed E-state index contributed by atoms with van der Waals surface area (Å²) < 4.78 is 39.9. The molecule has 3 nitrogen and oxygen atoms in total. The molecule has 0 heterocycles. The number of rotatable bonds is 2. The number of carbonyl (C=O) groups is 1. The molecule has 4 atom stereocenters. The van der Waals surface area contributed by atoms with Crippen molar-refractivity contribution in [3.05, 3.63) is 35.1 Å². The standard InChI is InChI=1S/C16H18F3NO2/c1-20(10-2-8-4-11(21)5-9(8)3-10)16(22)12-6-14(18)15(19)7-13(12)17/h6-11,21H,2-5H2,1H3/t8-,9+,10?,11?. The van der Waals surface area contributed by atoms with Crippen LogP contribution in [0.2, 0.25) is 0 Å². The minimum atomic E-state index is -1.30. The molecular formula is C16H18F3NO2. The topological polar surface area (TPSA) is 40.5 Å². The third-order valence-corrected chi connectivity index (χ3v) is 5.07. The molecule has 2 aliphatic rings. The molecule has 0 spiro atoms. The van der Waals surface area contributed by atoms with Gasteiger partial charge in [0.2, 0.25) is 0 Å². The van der Waals surface area contributed by atoms with Crippen molar-refractivity contribution >= 4 is 5.91 Å². The Bertz CT molecular complexity index is 593. The summed E-state index contributed by atoms with van der Waals surface area (Å²) in [5.41, 5.74) is -0.446. The predicted molar refractivity (Wildman–Crippen MR) is 73.7 cm³/mol. The van der Waals surface area contributed by atoms with Gasteiger partial charge in [0.05, 0.1) is 11.7 Å². The highest BCUT2D eigenvalue weighted by Crippen LogP contribution is 2.45. The Morgan fingerprint density at radius 1 is 1.05 bits per heavy atom. The highest BCUT2D eigenvalue weighted by molar-refractivity contribution is 5.94. The van der Waals surface area contributed by atoms with Gasteiger partial charge in [-0.2, -0.15) is 0 Å². The van der Waals surface area contributed by atoms with Crippen LogP contribution in [0.3, 0.4) is 0 Å². The van der Waals surface area contributed by atoms with Crippen molar-refractivity contribution in [2.45, 2.75) is 37.8 Å². The number of aliphatic hydroxyl groups excluding tert-OH is 1. The molecule has 6 heteroatoms. The highest BCUT2D eigenvalue weighted by atomic mass is 19.2. The molecule has 2 unspecified atom stereocenters. The maximum absolute atomic E-state index is 13.7. The van der Waals surface area contributed by atoms with E-state index in [2.05, 4.69) is 0 Å². The van der Waals surface area contributed by atoms with E-state index in [1.54, 1.807) is 7.05 Å². The Kier molecular flexibility index (Phi) is 3.89. The molecule has 2 saturated carbocycles. The van der Waals surface area contributed by atoms with E-state index in [1.807, 2.05) is 0 Å². The number of hydrogen-bond acceptors (Lipinski definition) is 2. The van der Waals surface area contributed by atoms with Gasteiger partial charge in [-0.25, -0.2) is 13.2 Å². The summed E-state index contributed by atoms with van der Waals surface area (Å²) in [6.45, 7) is 0. The highest BCUT2D eigenvalue weighted by Gasteiger charge is 2.43. The number of halogens is 3. The van der Waals surface area contributed by atoms with Crippen LogP contribution in [0.15, 0.2) is 12.1 Å². The molecule has 1 aromatic rings. The van der Waals surface area contributed by atoms with Gasteiger partial charge in [0.25, 0.3) is 5.91 Å². The molecule has 0 aliphatic heterocycles. The Morgan fingerprint density at radius 2 is 1.59 bits per heavy atom. The van der Waals surface area contributed by atoms with Crippen molar-refractivity contribution in [2.75, 3.05) is 7.05 Å². The lowest BCUT2D eigenvalue weighted by molar-refractivity contribution is 0.0717. The summed E-state index contributed by atoms with van der Waals surface area (Å²) in [6.07, 6.45) is 2.73. The van der Waals surface area contributed by atoms with E-state index in [9.17, 15) is 23.1 Å². The summed E-state index contributed by atoms with van der Waals surface area (Å²) in [4.78, 5) is 13.8. The molecule has 2 aliphatic carbocycles. The van der Waals surface area contributed by atoms with Crippen molar-refractivity contribution in [1.29, 1.82) is 0 Å². The first-order valence-corrected chi connectivity index (χ1v) is 7.46. The van der Waals surface area contributed by atoms with E-state index in [1.165, 1.54) is 4.90 Å². The third-order valence-electron chi connectivity index (χ3n) is 5.07.